The molecule has 0 aliphatic carbocycles. The van der Waals surface area contributed by atoms with Crippen molar-refractivity contribution in [3.63, 3.8) is 0 Å². The highest BCUT2D eigenvalue weighted by Crippen LogP contribution is 2.14. The molecular weight excluding hydrogens is 294 g/mol. The van der Waals surface area contributed by atoms with E-state index in [0.29, 0.717) is 11.3 Å². The monoisotopic (exact) mass is 313 g/mol. The molecule has 0 aliphatic rings. The third-order valence-electron chi connectivity index (χ3n) is 3.30. The molecule has 1 atom stereocenters. The van der Waals surface area contributed by atoms with Gasteiger partial charge < -0.3 is 14.8 Å². The van der Waals surface area contributed by atoms with E-state index in [1.165, 1.54) is 7.11 Å². The first-order valence-electron chi connectivity index (χ1n) is 7.25. The molecule has 23 heavy (non-hydrogen) atoms. The lowest BCUT2D eigenvalue weighted by Gasteiger charge is -2.14. The maximum atomic E-state index is 11.9. The van der Waals surface area contributed by atoms with Crippen molar-refractivity contribution in [2.24, 2.45) is 0 Å². The molecule has 2 rings (SSSR count). The number of rotatable bonds is 6. The molecule has 5 heteroatoms. The van der Waals surface area contributed by atoms with Crippen LogP contribution in [-0.4, -0.2) is 25.6 Å². The average molecular weight is 313 g/mol. The number of esters is 1. The standard InChI is InChI=1S/C18H19NO4/c1-13(14-7-4-3-5-8-14)19-17(20)12-23-16-10-6-9-15(11-16)18(21)22-2/h3-11,13H,12H2,1-2H3,(H,19,20)/t13-/m1/s1. The SMILES string of the molecule is COC(=O)c1cccc(OCC(=O)N[C@H](C)c2ccccc2)c1. The Morgan fingerprint density at radius 2 is 1.83 bits per heavy atom. The van der Waals surface area contributed by atoms with Gasteiger partial charge in [-0.2, -0.15) is 0 Å². The molecule has 2 aromatic carbocycles. The Labute approximate surface area is 135 Å². The van der Waals surface area contributed by atoms with Crippen LogP contribution in [0, 0.1) is 0 Å². The summed E-state index contributed by atoms with van der Waals surface area (Å²) in [5.41, 5.74) is 1.40. The van der Waals surface area contributed by atoms with Crippen LogP contribution in [0.25, 0.3) is 0 Å². The Bertz CT molecular complexity index is 670. The first-order chi connectivity index (χ1) is 11.1. The predicted molar refractivity (Wildman–Crippen MR) is 86.3 cm³/mol. The molecule has 0 radical (unpaired) electrons. The molecule has 0 saturated carbocycles. The second-order valence-corrected chi connectivity index (χ2v) is 5.01. The minimum atomic E-state index is -0.447. The lowest BCUT2D eigenvalue weighted by Crippen LogP contribution is -2.31. The van der Waals surface area contributed by atoms with Crippen LogP contribution in [0.5, 0.6) is 5.75 Å². The first kappa shape index (κ1) is 16.5. The maximum absolute atomic E-state index is 11.9. The highest BCUT2D eigenvalue weighted by Gasteiger charge is 2.11. The number of methoxy groups -OCH3 is 1. The van der Waals surface area contributed by atoms with E-state index in [1.807, 2.05) is 37.3 Å². The Morgan fingerprint density at radius 1 is 1.09 bits per heavy atom. The van der Waals surface area contributed by atoms with E-state index in [9.17, 15) is 9.59 Å². The zero-order valence-corrected chi connectivity index (χ0v) is 13.1. The van der Waals surface area contributed by atoms with Gasteiger partial charge in [-0.05, 0) is 30.7 Å². The van der Waals surface area contributed by atoms with Gasteiger partial charge in [0.2, 0.25) is 0 Å². The van der Waals surface area contributed by atoms with Gasteiger partial charge in [-0.15, -0.1) is 0 Å². The fourth-order valence-electron chi connectivity index (χ4n) is 2.09. The Balaban J connectivity index is 1.88. The molecule has 1 amide bonds. The quantitative estimate of drug-likeness (QED) is 0.833. The van der Waals surface area contributed by atoms with E-state index in [1.54, 1.807) is 24.3 Å². The molecule has 0 saturated heterocycles. The van der Waals surface area contributed by atoms with Crippen molar-refractivity contribution in [2.45, 2.75) is 13.0 Å². The van der Waals surface area contributed by atoms with Crippen molar-refractivity contribution >= 4 is 11.9 Å². The summed E-state index contributed by atoms with van der Waals surface area (Å²) in [6, 6.07) is 16.1. The molecule has 0 bridgehead atoms. The van der Waals surface area contributed by atoms with Crippen molar-refractivity contribution < 1.29 is 19.1 Å². The van der Waals surface area contributed by atoms with E-state index < -0.39 is 5.97 Å². The first-order valence-corrected chi connectivity index (χ1v) is 7.25. The summed E-state index contributed by atoms with van der Waals surface area (Å²) in [6.07, 6.45) is 0. The van der Waals surface area contributed by atoms with Crippen LogP contribution < -0.4 is 10.1 Å². The van der Waals surface area contributed by atoms with Crippen LogP contribution >= 0.6 is 0 Å². The van der Waals surface area contributed by atoms with Gasteiger partial charge in [-0.1, -0.05) is 36.4 Å². The Kier molecular flexibility index (Phi) is 5.74. The van der Waals surface area contributed by atoms with Crippen molar-refractivity contribution in [2.75, 3.05) is 13.7 Å². The molecule has 0 aliphatic heterocycles. The number of ether oxygens (including phenoxy) is 2. The van der Waals surface area contributed by atoms with Gasteiger partial charge >= 0.3 is 5.97 Å². The summed E-state index contributed by atoms with van der Waals surface area (Å²) >= 11 is 0. The van der Waals surface area contributed by atoms with Crippen LogP contribution in [0.15, 0.2) is 54.6 Å². The number of amides is 1. The van der Waals surface area contributed by atoms with Crippen LogP contribution in [-0.2, 0) is 9.53 Å². The van der Waals surface area contributed by atoms with Crippen LogP contribution in [0.2, 0.25) is 0 Å². The third-order valence-corrected chi connectivity index (χ3v) is 3.30. The zero-order valence-electron chi connectivity index (χ0n) is 13.1. The summed E-state index contributed by atoms with van der Waals surface area (Å²) in [7, 11) is 1.31. The molecule has 0 spiro atoms. The topological polar surface area (TPSA) is 64.6 Å². The van der Waals surface area contributed by atoms with Gasteiger partial charge in [0.15, 0.2) is 6.61 Å². The fraction of sp³-hybridized carbons (Fsp3) is 0.222. The number of benzene rings is 2. The van der Waals surface area contributed by atoms with Crippen molar-refractivity contribution in [3.05, 3.63) is 65.7 Å². The summed E-state index contributed by atoms with van der Waals surface area (Å²) in [4.78, 5) is 23.4. The minimum absolute atomic E-state index is 0.103. The van der Waals surface area contributed by atoms with E-state index in [0.717, 1.165) is 5.56 Å². The van der Waals surface area contributed by atoms with Crippen molar-refractivity contribution in [1.29, 1.82) is 0 Å². The predicted octanol–water partition coefficient (Wildman–Crippen LogP) is 2.73. The normalized spacial score (nSPS) is 11.4. The van der Waals surface area contributed by atoms with E-state index in [2.05, 4.69) is 10.1 Å². The summed E-state index contributed by atoms with van der Waals surface area (Å²) < 4.78 is 10.1. The molecular formula is C18H19NO4. The molecule has 120 valence electrons. The third kappa shape index (κ3) is 4.85. The van der Waals surface area contributed by atoms with Gasteiger partial charge in [-0.3, -0.25) is 4.79 Å². The van der Waals surface area contributed by atoms with E-state index in [-0.39, 0.29) is 18.6 Å². The lowest BCUT2D eigenvalue weighted by atomic mass is 10.1. The second kappa shape index (κ2) is 7.98. The van der Waals surface area contributed by atoms with E-state index >= 15 is 0 Å². The molecule has 0 unspecified atom stereocenters. The Morgan fingerprint density at radius 3 is 2.52 bits per heavy atom. The zero-order chi connectivity index (χ0) is 16.7. The molecule has 5 nitrogen and oxygen atoms in total. The molecule has 0 aromatic heterocycles. The smallest absolute Gasteiger partial charge is 0.337 e. The highest BCUT2D eigenvalue weighted by molar-refractivity contribution is 5.89. The Hall–Kier alpha value is -2.82. The summed E-state index contributed by atoms with van der Waals surface area (Å²) in [5, 5.41) is 2.86. The minimum Gasteiger partial charge on any atom is -0.484 e. The van der Waals surface area contributed by atoms with E-state index in [4.69, 9.17) is 4.74 Å². The van der Waals surface area contributed by atoms with Crippen molar-refractivity contribution in [1.82, 2.24) is 5.32 Å². The lowest BCUT2D eigenvalue weighted by molar-refractivity contribution is -0.123. The maximum Gasteiger partial charge on any atom is 0.337 e. The fourth-order valence-corrected chi connectivity index (χ4v) is 2.09. The number of hydrogen-bond acceptors (Lipinski definition) is 4. The summed E-state index contributed by atoms with van der Waals surface area (Å²) in [5.74, 6) is -0.238. The van der Waals surface area contributed by atoms with Gasteiger partial charge in [0.05, 0.1) is 18.7 Å². The van der Waals surface area contributed by atoms with Gasteiger partial charge in [0, 0.05) is 0 Å². The van der Waals surface area contributed by atoms with Gasteiger partial charge in [0.1, 0.15) is 5.75 Å². The van der Waals surface area contributed by atoms with Gasteiger partial charge in [-0.25, -0.2) is 4.79 Å². The molecule has 1 N–H and O–H groups in total. The second-order valence-electron chi connectivity index (χ2n) is 5.01. The number of hydrogen-bond donors (Lipinski definition) is 1. The van der Waals surface area contributed by atoms with Gasteiger partial charge in [0.25, 0.3) is 5.91 Å². The molecule has 0 fully saturated rings. The number of carbonyl (C=O) groups excluding carboxylic acids is 2. The van der Waals surface area contributed by atoms with Crippen LogP contribution in [0.1, 0.15) is 28.9 Å². The largest absolute Gasteiger partial charge is 0.484 e. The van der Waals surface area contributed by atoms with Crippen LogP contribution in [0.3, 0.4) is 0 Å². The molecule has 2 aromatic rings. The average Bonchev–Trinajstić information content (AvgIpc) is 2.60. The van der Waals surface area contributed by atoms with Crippen LogP contribution in [0.4, 0.5) is 0 Å². The summed E-state index contributed by atoms with van der Waals surface area (Å²) in [6.45, 7) is 1.78. The number of nitrogens with one attached hydrogen (secondary N) is 1. The van der Waals surface area contributed by atoms with Crippen molar-refractivity contribution in [3.8, 4) is 5.75 Å². The number of carbonyl (C=O) groups is 2. The highest BCUT2D eigenvalue weighted by atomic mass is 16.5. The molecule has 0 heterocycles.